The van der Waals surface area contributed by atoms with Gasteiger partial charge in [-0.3, -0.25) is 9.59 Å². The minimum Gasteiger partial charge on any atom is -0.295 e. The van der Waals surface area contributed by atoms with Gasteiger partial charge >= 0.3 is 6.18 Å². The predicted molar refractivity (Wildman–Crippen MR) is 113 cm³/mol. The average molecular weight is 422 g/mol. The van der Waals surface area contributed by atoms with Gasteiger partial charge in [0.05, 0.1) is 5.56 Å². The lowest BCUT2D eigenvalue weighted by atomic mass is 9.93. The summed E-state index contributed by atoms with van der Waals surface area (Å²) in [5.74, 6) is -0.278. The molecule has 0 aliphatic heterocycles. The van der Waals surface area contributed by atoms with Crippen LogP contribution in [0.2, 0.25) is 0 Å². The zero-order valence-corrected chi connectivity index (χ0v) is 17.2. The summed E-state index contributed by atoms with van der Waals surface area (Å²) in [4.78, 5) is 24.5. The highest BCUT2D eigenvalue weighted by atomic mass is 19.4. The summed E-state index contributed by atoms with van der Waals surface area (Å²) < 4.78 is 39.9. The van der Waals surface area contributed by atoms with Crippen LogP contribution in [0.1, 0.15) is 49.9 Å². The first-order valence-corrected chi connectivity index (χ1v) is 10.1. The SMILES string of the molecule is CC(=O)c1ccc(CC2Cc3c(cccc3-c3cc(C)cc(C(F)(F)F)c3)C2=O)cc1. The first kappa shape index (κ1) is 21.0. The summed E-state index contributed by atoms with van der Waals surface area (Å²) in [6.45, 7) is 3.14. The Hall–Kier alpha value is -3.21. The van der Waals surface area contributed by atoms with Gasteiger partial charge in [-0.15, -0.1) is 0 Å². The van der Waals surface area contributed by atoms with Crippen LogP contribution < -0.4 is 0 Å². The second kappa shape index (κ2) is 7.80. The molecule has 5 heteroatoms. The molecule has 1 aliphatic rings. The van der Waals surface area contributed by atoms with Crippen LogP contribution in [0, 0.1) is 12.8 Å². The molecule has 4 rings (SSSR count). The summed E-state index contributed by atoms with van der Waals surface area (Å²) in [6, 6.07) is 16.5. The highest BCUT2D eigenvalue weighted by Crippen LogP contribution is 2.39. The largest absolute Gasteiger partial charge is 0.416 e. The number of Topliss-reactive ketones (excluding diaryl/α,β-unsaturated/α-hetero) is 2. The van der Waals surface area contributed by atoms with Crippen LogP contribution in [-0.2, 0) is 19.0 Å². The van der Waals surface area contributed by atoms with Gasteiger partial charge in [0.1, 0.15) is 0 Å². The Morgan fingerprint density at radius 1 is 1.00 bits per heavy atom. The number of halogens is 3. The van der Waals surface area contributed by atoms with E-state index in [0.29, 0.717) is 40.7 Å². The summed E-state index contributed by atoms with van der Waals surface area (Å²) in [5.41, 5.74) is 3.94. The molecule has 2 nitrogen and oxygen atoms in total. The van der Waals surface area contributed by atoms with Crippen molar-refractivity contribution in [3.63, 3.8) is 0 Å². The predicted octanol–water partition coefficient (Wildman–Crippen LogP) is 6.48. The highest BCUT2D eigenvalue weighted by molar-refractivity contribution is 6.04. The van der Waals surface area contributed by atoms with E-state index in [0.717, 1.165) is 23.3 Å². The van der Waals surface area contributed by atoms with Crippen LogP contribution in [0.25, 0.3) is 11.1 Å². The Morgan fingerprint density at radius 2 is 1.68 bits per heavy atom. The Labute approximate surface area is 178 Å². The second-order valence-electron chi connectivity index (χ2n) is 8.14. The quantitative estimate of drug-likeness (QED) is 0.451. The summed E-state index contributed by atoms with van der Waals surface area (Å²) in [7, 11) is 0. The molecule has 1 unspecified atom stereocenters. The fraction of sp³-hybridized carbons (Fsp3) is 0.231. The number of hydrogen-bond donors (Lipinski definition) is 0. The molecule has 0 aromatic heterocycles. The van der Waals surface area contributed by atoms with Crippen molar-refractivity contribution in [3.05, 3.63) is 94.0 Å². The summed E-state index contributed by atoms with van der Waals surface area (Å²) >= 11 is 0. The molecule has 1 aliphatic carbocycles. The Bertz CT molecular complexity index is 1170. The van der Waals surface area contributed by atoms with Gasteiger partial charge in [0.25, 0.3) is 0 Å². The van der Waals surface area contributed by atoms with Gasteiger partial charge in [-0.2, -0.15) is 13.2 Å². The van der Waals surface area contributed by atoms with E-state index >= 15 is 0 Å². The van der Waals surface area contributed by atoms with Crippen molar-refractivity contribution in [2.75, 3.05) is 0 Å². The number of hydrogen-bond acceptors (Lipinski definition) is 2. The first-order chi connectivity index (χ1) is 14.6. The lowest BCUT2D eigenvalue weighted by Crippen LogP contribution is -2.12. The van der Waals surface area contributed by atoms with E-state index in [-0.39, 0.29) is 17.5 Å². The number of rotatable bonds is 4. The van der Waals surface area contributed by atoms with Crippen LogP contribution in [0.15, 0.2) is 60.7 Å². The molecule has 3 aromatic rings. The fourth-order valence-corrected chi connectivity index (χ4v) is 4.29. The molecular weight excluding hydrogens is 401 g/mol. The molecule has 0 radical (unpaired) electrons. The smallest absolute Gasteiger partial charge is 0.295 e. The summed E-state index contributed by atoms with van der Waals surface area (Å²) in [6.07, 6.45) is -3.43. The maximum Gasteiger partial charge on any atom is 0.416 e. The fourth-order valence-electron chi connectivity index (χ4n) is 4.29. The molecule has 0 bridgehead atoms. The first-order valence-electron chi connectivity index (χ1n) is 10.1. The number of fused-ring (bicyclic) bond motifs is 1. The van der Waals surface area contributed by atoms with Gasteiger partial charge in [-0.1, -0.05) is 48.5 Å². The molecule has 0 N–H and O–H groups in total. The van der Waals surface area contributed by atoms with Crippen molar-refractivity contribution in [1.82, 2.24) is 0 Å². The zero-order valence-electron chi connectivity index (χ0n) is 17.2. The average Bonchev–Trinajstić information content (AvgIpc) is 3.03. The number of carbonyl (C=O) groups excluding carboxylic acids is 2. The van der Waals surface area contributed by atoms with Gasteiger partial charge < -0.3 is 0 Å². The molecule has 0 fully saturated rings. The van der Waals surface area contributed by atoms with E-state index in [1.807, 2.05) is 12.1 Å². The molecule has 0 saturated carbocycles. The number of aryl methyl sites for hydroxylation is 1. The Kier molecular flexibility index (Phi) is 5.29. The third-order valence-electron chi connectivity index (χ3n) is 5.82. The maximum absolute atomic E-state index is 13.3. The zero-order chi connectivity index (χ0) is 22.3. The molecule has 0 saturated heterocycles. The number of alkyl halides is 3. The van der Waals surface area contributed by atoms with Gasteiger partial charge in [0.2, 0.25) is 0 Å². The third-order valence-corrected chi connectivity index (χ3v) is 5.82. The van der Waals surface area contributed by atoms with Crippen LogP contribution in [0.5, 0.6) is 0 Å². The van der Waals surface area contributed by atoms with Crippen LogP contribution in [0.3, 0.4) is 0 Å². The topological polar surface area (TPSA) is 34.1 Å². The molecule has 0 heterocycles. The van der Waals surface area contributed by atoms with Crippen molar-refractivity contribution < 1.29 is 22.8 Å². The van der Waals surface area contributed by atoms with Crippen molar-refractivity contribution in [2.24, 2.45) is 5.92 Å². The minimum absolute atomic E-state index is 0.0104. The minimum atomic E-state index is -4.43. The van der Waals surface area contributed by atoms with Crippen molar-refractivity contribution >= 4 is 11.6 Å². The van der Waals surface area contributed by atoms with Gasteiger partial charge in [0, 0.05) is 17.0 Å². The molecule has 158 valence electrons. The molecule has 0 amide bonds. The maximum atomic E-state index is 13.3. The van der Waals surface area contributed by atoms with Crippen molar-refractivity contribution in [1.29, 1.82) is 0 Å². The highest BCUT2D eigenvalue weighted by Gasteiger charge is 2.34. The summed E-state index contributed by atoms with van der Waals surface area (Å²) in [5, 5.41) is 0. The Balaban J connectivity index is 1.66. The Morgan fingerprint density at radius 3 is 2.32 bits per heavy atom. The van der Waals surface area contributed by atoms with Gasteiger partial charge in [0.15, 0.2) is 11.6 Å². The molecular formula is C26H21F3O2. The number of ketones is 2. The number of carbonyl (C=O) groups is 2. The van der Waals surface area contributed by atoms with Crippen molar-refractivity contribution in [2.45, 2.75) is 32.9 Å². The van der Waals surface area contributed by atoms with Crippen LogP contribution >= 0.6 is 0 Å². The second-order valence-corrected chi connectivity index (χ2v) is 8.14. The van der Waals surface area contributed by atoms with E-state index < -0.39 is 11.7 Å². The van der Waals surface area contributed by atoms with E-state index in [2.05, 4.69) is 0 Å². The van der Waals surface area contributed by atoms with E-state index in [1.165, 1.54) is 6.92 Å². The van der Waals surface area contributed by atoms with Crippen LogP contribution in [-0.4, -0.2) is 11.6 Å². The van der Waals surface area contributed by atoms with Gasteiger partial charge in [-0.05, 0) is 66.6 Å². The van der Waals surface area contributed by atoms with E-state index in [4.69, 9.17) is 0 Å². The number of benzene rings is 3. The molecule has 0 spiro atoms. The normalized spacial score (nSPS) is 15.8. The monoisotopic (exact) mass is 422 g/mol. The molecule has 3 aromatic carbocycles. The molecule has 31 heavy (non-hydrogen) atoms. The lowest BCUT2D eigenvalue weighted by Gasteiger charge is -2.13. The standard InChI is InChI=1S/C26H21F3O2/c1-15-10-19(13-21(11-15)26(27,28)29)22-4-3-5-23-24(22)14-20(25(23)31)12-17-6-8-18(9-7-17)16(2)30/h3-11,13,20H,12,14H2,1-2H3. The van der Waals surface area contributed by atoms with E-state index in [9.17, 15) is 22.8 Å². The molecule has 1 atom stereocenters. The third kappa shape index (κ3) is 4.18. The van der Waals surface area contributed by atoms with E-state index in [1.54, 1.807) is 43.3 Å². The van der Waals surface area contributed by atoms with Crippen molar-refractivity contribution in [3.8, 4) is 11.1 Å². The van der Waals surface area contributed by atoms with Gasteiger partial charge in [-0.25, -0.2) is 0 Å². The lowest BCUT2D eigenvalue weighted by molar-refractivity contribution is -0.137. The van der Waals surface area contributed by atoms with Crippen LogP contribution in [0.4, 0.5) is 13.2 Å².